The van der Waals surface area contributed by atoms with E-state index in [2.05, 4.69) is 44.7 Å². The number of rotatable bonds is 3. The monoisotopic (exact) mass is 382 g/mol. The molecule has 2 aliphatic rings. The van der Waals surface area contributed by atoms with Crippen molar-refractivity contribution in [1.82, 2.24) is 9.80 Å². The van der Waals surface area contributed by atoms with Crippen LogP contribution in [0.3, 0.4) is 0 Å². The van der Waals surface area contributed by atoms with E-state index in [1.807, 2.05) is 0 Å². The highest BCUT2D eigenvalue weighted by Gasteiger charge is 2.43. The quantitative estimate of drug-likeness (QED) is 0.698. The van der Waals surface area contributed by atoms with Crippen LogP contribution in [0.15, 0.2) is 18.2 Å². The minimum absolute atomic E-state index is 0.0199. The number of fused-ring (bicyclic) bond motifs is 1. The summed E-state index contributed by atoms with van der Waals surface area (Å²) in [6.07, 6.45) is 0.761. The largest absolute Gasteiger partial charge is 0.416 e. The normalized spacial score (nSPS) is 27.2. The van der Waals surface area contributed by atoms with Gasteiger partial charge in [-0.25, -0.2) is 0 Å². The fourth-order valence-electron chi connectivity index (χ4n) is 4.93. The molecule has 1 aliphatic carbocycles. The average Bonchev–Trinajstić information content (AvgIpc) is 2.95. The van der Waals surface area contributed by atoms with Crippen molar-refractivity contribution >= 4 is 0 Å². The van der Waals surface area contributed by atoms with Gasteiger partial charge in [0.15, 0.2) is 0 Å². The van der Waals surface area contributed by atoms with Crippen LogP contribution in [0.2, 0.25) is 0 Å². The summed E-state index contributed by atoms with van der Waals surface area (Å²) in [6, 6.07) is 4.36. The van der Waals surface area contributed by atoms with Crippen molar-refractivity contribution in [3.8, 4) is 0 Å². The highest BCUT2D eigenvalue weighted by molar-refractivity contribution is 5.39. The molecule has 152 valence electrons. The Balaban J connectivity index is 1.88. The maximum absolute atomic E-state index is 13.2. The molecule has 0 bridgehead atoms. The van der Waals surface area contributed by atoms with Crippen molar-refractivity contribution in [1.29, 1.82) is 0 Å². The van der Waals surface area contributed by atoms with E-state index in [1.54, 1.807) is 6.07 Å². The molecule has 3 rings (SSSR count). The molecule has 0 unspecified atom stereocenters. The Morgan fingerprint density at radius 3 is 2.48 bits per heavy atom. The summed E-state index contributed by atoms with van der Waals surface area (Å²) in [5.41, 5.74) is 1.65. The highest BCUT2D eigenvalue weighted by atomic mass is 19.4. The maximum Gasteiger partial charge on any atom is 0.416 e. The van der Waals surface area contributed by atoms with Crippen molar-refractivity contribution in [3.05, 3.63) is 34.9 Å². The van der Waals surface area contributed by atoms with Crippen molar-refractivity contribution in [3.63, 3.8) is 0 Å². The molecule has 1 aromatic carbocycles. The number of halogens is 3. The molecule has 1 saturated heterocycles. The molecule has 5 heteroatoms. The smallest absolute Gasteiger partial charge is 0.302 e. The van der Waals surface area contributed by atoms with Gasteiger partial charge in [-0.2, -0.15) is 13.2 Å². The molecule has 0 radical (unpaired) electrons. The van der Waals surface area contributed by atoms with Gasteiger partial charge in [0.2, 0.25) is 0 Å². The topological polar surface area (TPSA) is 6.48 Å². The minimum atomic E-state index is -4.27. The molecule has 1 fully saturated rings. The third kappa shape index (κ3) is 4.19. The Morgan fingerprint density at radius 2 is 1.89 bits per heavy atom. The molecule has 1 aromatic rings. The van der Waals surface area contributed by atoms with Crippen LogP contribution in [0.1, 0.15) is 69.1 Å². The lowest BCUT2D eigenvalue weighted by Crippen LogP contribution is -2.60. The third-order valence-corrected chi connectivity index (χ3v) is 6.75. The fraction of sp³-hybridized carbons (Fsp3) is 0.727. The second-order valence-corrected chi connectivity index (χ2v) is 9.67. The molecule has 27 heavy (non-hydrogen) atoms. The second-order valence-electron chi connectivity index (χ2n) is 9.67. The van der Waals surface area contributed by atoms with E-state index in [9.17, 15) is 13.2 Å². The Hall–Kier alpha value is -1.07. The fourth-order valence-corrected chi connectivity index (χ4v) is 4.93. The summed E-state index contributed by atoms with van der Waals surface area (Å²) in [7, 11) is 4.27. The maximum atomic E-state index is 13.2. The third-order valence-electron chi connectivity index (χ3n) is 6.75. The van der Waals surface area contributed by atoms with Crippen molar-refractivity contribution < 1.29 is 13.2 Å². The summed E-state index contributed by atoms with van der Waals surface area (Å²) >= 11 is 0. The van der Waals surface area contributed by atoms with Gasteiger partial charge in [0.1, 0.15) is 0 Å². The molecule has 0 spiro atoms. The van der Waals surface area contributed by atoms with Gasteiger partial charge >= 0.3 is 6.18 Å². The molecular formula is C22H33F3N2. The first-order chi connectivity index (χ1) is 12.4. The molecule has 0 amide bonds. The van der Waals surface area contributed by atoms with Crippen LogP contribution in [-0.4, -0.2) is 48.1 Å². The van der Waals surface area contributed by atoms with E-state index in [1.165, 1.54) is 12.1 Å². The van der Waals surface area contributed by atoms with Gasteiger partial charge in [-0.3, -0.25) is 4.90 Å². The van der Waals surface area contributed by atoms with Gasteiger partial charge < -0.3 is 4.90 Å². The molecule has 2 atom stereocenters. The number of nitrogens with zero attached hydrogens (tertiary/aromatic N) is 2. The van der Waals surface area contributed by atoms with Crippen molar-refractivity contribution in [2.75, 3.05) is 27.2 Å². The van der Waals surface area contributed by atoms with Crippen molar-refractivity contribution in [2.45, 2.75) is 76.0 Å². The standard InChI is InChI=1S/C22H33F3N2/c1-20(2,3)27-12-6-11-21(15-27,26(4)5)14-17-8-7-16-9-10-18(13-19(16)17)22(23,24)25/h9-10,13,17H,6-8,11-12,14-15H2,1-5H3/t17-,21+/m0/s1. The number of likely N-dealkylation sites (tertiary alicyclic amines) is 1. The number of aryl methyl sites for hydroxylation is 1. The Labute approximate surface area is 161 Å². The number of hydrogen-bond acceptors (Lipinski definition) is 2. The zero-order valence-corrected chi connectivity index (χ0v) is 17.3. The predicted molar refractivity (Wildman–Crippen MR) is 104 cm³/mol. The van der Waals surface area contributed by atoms with E-state index in [0.717, 1.165) is 56.3 Å². The van der Waals surface area contributed by atoms with Gasteiger partial charge in [-0.1, -0.05) is 6.07 Å². The first kappa shape index (κ1) is 20.7. The Bertz CT molecular complexity index is 675. The number of likely N-dealkylation sites (N-methyl/N-ethyl adjacent to an activating group) is 1. The summed E-state index contributed by atoms with van der Waals surface area (Å²) in [4.78, 5) is 4.87. The molecule has 0 N–H and O–H groups in total. The van der Waals surface area contributed by atoms with Gasteiger partial charge in [-0.05, 0) is 103 Å². The van der Waals surface area contributed by atoms with Crippen LogP contribution >= 0.6 is 0 Å². The zero-order valence-electron chi connectivity index (χ0n) is 17.3. The Morgan fingerprint density at radius 1 is 1.19 bits per heavy atom. The van der Waals surface area contributed by atoms with Crippen LogP contribution in [0, 0.1) is 0 Å². The number of alkyl halides is 3. The SMILES string of the molecule is CN(C)[C@@]1(C[C@@H]2CCc3ccc(C(F)(F)F)cc32)CCCN(C(C)(C)C)C1. The van der Waals surface area contributed by atoms with Crippen LogP contribution in [0.5, 0.6) is 0 Å². The van der Waals surface area contributed by atoms with Crippen LogP contribution in [0.25, 0.3) is 0 Å². The molecule has 0 saturated carbocycles. The van der Waals surface area contributed by atoms with Crippen molar-refractivity contribution in [2.24, 2.45) is 0 Å². The Kier molecular flexibility index (Phi) is 5.41. The summed E-state index contributed by atoms with van der Waals surface area (Å²) in [5.74, 6) is 0.213. The second kappa shape index (κ2) is 7.07. The predicted octanol–water partition coefficient (Wildman–Crippen LogP) is 5.32. The first-order valence-corrected chi connectivity index (χ1v) is 10.0. The lowest BCUT2D eigenvalue weighted by molar-refractivity contribution is -0.137. The summed E-state index contributed by atoms with van der Waals surface area (Å²) in [6.45, 7) is 8.82. The van der Waals surface area contributed by atoms with Gasteiger partial charge in [0.25, 0.3) is 0 Å². The number of benzene rings is 1. The zero-order chi connectivity index (χ0) is 20.0. The summed E-state index contributed by atoms with van der Waals surface area (Å²) < 4.78 is 39.6. The summed E-state index contributed by atoms with van der Waals surface area (Å²) in [5, 5.41) is 0. The van der Waals surface area contributed by atoms with E-state index in [4.69, 9.17) is 0 Å². The number of piperidine rings is 1. The lowest BCUT2D eigenvalue weighted by Gasteiger charge is -2.52. The van der Waals surface area contributed by atoms with E-state index < -0.39 is 11.7 Å². The molecule has 0 aromatic heterocycles. The first-order valence-electron chi connectivity index (χ1n) is 10.0. The number of hydrogen-bond donors (Lipinski definition) is 0. The van der Waals surface area contributed by atoms with Crippen LogP contribution < -0.4 is 0 Å². The van der Waals surface area contributed by atoms with Gasteiger partial charge in [0, 0.05) is 17.6 Å². The molecular weight excluding hydrogens is 349 g/mol. The highest BCUT2D eigenvalue weighted by Crippen LogP contribution is 2.44. The minimum Gasteiger partial charge on any atom is -0.302 e. The molecule has 2 nitrogen and oxygen atoms in total. The average molecular weight is 383 g/mol. The molecule has 1 heterocycles. The lowest BCUT2D eigenvalue weighted by atomic mass is 9.77. The van der Waals surface area contributed by atoms with E-state index in [0.29, 0.717) is 0 Å². The molecule has 1 aliphatic heterocycles. The van der Waals surface area contributed by atoms with Crippen LogP contribution in [0.4, 0.5) is 13.2 Å². The van der Waals surface area contributed by atoms with E-state index in [-0.39, 0.29) is 17.0 Å². The van der Waals surface area contributed by atoms with Gasteiger partial charge in [0.05, 0.1) is 5.56 Å². The van der Waals surface area contributed by atoms with E-state index >= 15 is 0 Å². The van der Waals surface area contributed by atoms with Crippen LogP contribution in [-0.2, 0) is 12.6 Å². The van der Waals surface area contributed by atoms with Gasteiger partial charge in [-0.15, -0.1) is 0 Å².